The van der Waals surface area contributed by atoms with Gasteiger partial charge in [0.15, 0.2) is 5.69 Å². The summed E-state index contributed by atoms with van der Waals surface area (Å²) in [5.41, 5.74) is 3.40. The highest BCUT2D eigenvalue weighted by Gasteiger charge is 2.29. The molecule has 1 aromatic heterocycles. The van der Waals surface area contributed by atoms with Crippen molar-refractivity contribution >= 4 is 23.4 Å². The van der Waals surface area contributed by atoms with E-state index in [1.165, 1.54) is 6.26 Å². The van der Waals surface area contributed by atoms with E-state index in [0.717, 1.165) is 18.4 Å². The van der Waals surface area contributed by atoms with Crippen molar-refractivity contribution in [2.75, 3.05) is 5.32 Å². The number of hydrogen-bond acceptors (Lipinski definition) is 6. The number of amides is 3. The first-order valence-electron chi connectivity index (χ1n) is 10.8. The SMILES string of the molecule is CCCC[C@H](CC(=O)NO)C(=O)N[C@H](c1nc(C(=O)Nc2ccc(C)cc2)co1)C(C)C. The number of aromatic nitrogens is 1. The summed E-state index contributed by atoms with van der Waals surface area (Å²) in [6.45, 7) is 7.73. The van der Waals surface area contributed by atoms with Crippen molar-refractivity contribution in [3.8, 4) is 0 Å². The van der Waals surface area contributed by atoms with Crippen LogP contribution in [0.5, 0.6) is 0 Å². The van der Waals surface area contributed by atoms with Crippen LogP contribution in [0.2, 0.25) is 0 Å². The highest BCUT2D eigenvalue weighted by molar-refractivity contribution is 6.02. The fourth-order valence-corrected chi connectivity index (χ4v) is 3.20. The molecule has 2 aromatic rings. The molecule has 2 atom stereocenters. The van der Waals surface area contributed by atoms with Gasteiger partial charge in [-0.3, -0.25) is 19.6 Å². The zero-order chi connectivity index (χ0) is 23.7. The van der Waals surface area contributed by atoms with Gasteiger partial charge in [0.05, 0.1) is 0 Å². The Morgan fingerprint density at radius 1 is 1.16 bits per heavy atom. The molecule has 0 aliphatic heterocycles. The summed E-state index contributed by atoms with van der Waals surface area (Å²) in [5, 5.41) is 14.5. The number of nitrogens with one attached hydrogen (secondary N) is 3. The summed E-state index contributed by atoms with van der Waals surface area (Å²) in [5.74, 6) is -1.83. The van der Waals surface area contributed by atoms with Gasteiger partial charge >= 0.3 is 0 Å². The number of nitrogens with zero attached hydrogens (tertiary/aromatic N) is 1. The molecule has 32 heavy (non-hydrogen) atoms. The molecule has 0 bridgehead atoms. The molecule has 0 radical (unpaired) electrons. The van der Waals surface area contributed by atoms with Crippen LogP contribution in [0.4, 0.5) is 5.69 Å². The number of hydroxylamine groups is 1. The van der Waals surface area contributed by atoms with E-state index < -0.39 is 23.8 Å². The lowest BCUT2D eigenvalue weighted by molar-refractivity contribution is -0.135. The molecule has 1 heterocycles. The molecule has 1 aromatic carbocycles. The van der Waals surface area contributed by atoms with Crippen molar-refractivity contribution in [3.05, 3.63) is 47.7 Å². The average molecular weight is 445 g/mol. The van der Waals surface area contributed by atoms with Crippen LogP contribution in [0.15, 0.2) is 34.9 Å². The smallest absolute Gasteiger partial charge is 0.277 e. The van der Waals surface area contributed by atoms with E-state index in [9.17, 15) is 14.4 Å². The Morgan fingerprint density at radius 3 is 2.44 bits per heavy atom. The van der Waals surface area contributed by atoms with Crippen LogP contribution < -0.4 is 16.1 Å². The van der Waals surface area contributed by atoms with Crippen LogP contribution in [0.1, 0.15) is 74.4 Å². The first-order valence-corrected chi connectivity index (χ1v) is 10.8. The van der Waals surface area contributed by atoms with Crippen LogP contribution in [-0.4, -0.2) is 27.9 Å². The molecule has 0 aliphatic rings. The summed E-state index contributed by atoms with van der Waals surface area (Å²) in [6, 6.07) is 6.79. The molecule has 0 saturated carbocycles. The Bertz CT molecular complexity index is 907. The van der Waals surface area contributed by atoms with Crippen molar-refractivity contribution < 1.29 is 24.0 Å². The van der Waals surface area contributed by atoms with Crippen molar-refractivity contribution in [1.29, 1.82) is 0 Å². The highest BCUT2D eigenvalue weighted by atomic mass is 16.5. The quantitative estimate of drug-likeness (QED) is 0.308. The molecular formula is C23H32N4O5. The van der Waals surface area contributed by atoms with Crippen molar-refractivity contribution in [2.24, 2.45) is 11.8 Å². The monoisotopic (exact) mass is 444 g/mol. The van der Waals surface area contributed by atoms with Crippen molar-refractivity contribution in [2.45, 2.75) is 59.4 Å². The van der Waals surface area contributed by atoms with Crippen molar-refractivity contribution in [1.82, 2.24) is 15.8 Å². The average Bonchev–Trinajstić information content (AvgIpc) is 3.25. The van der Waals surface area contributed by atoms with E-state index in [2.05, 4.69) is 15.6 Å². The second-order valence-corrected chi connectivity index (χ2v) is 8.20. The topological polar surface area (TPSA) is 134 Å². The molecule has 0 saturated heterocycles. The van der Waals surface area contributed by atoms with Crippen LogP contribution in [0.25, 0.3) is 0 Å². The third kappa shape index (κ3) is 7.19. The number of anilines is 1. The third-order valence-electron chi connectivity index (χ3n) is 5.13. The summed E-state index contributed by atoms with van der Waals surface area (Å²) in [6.07, 6.45) is 3.29. The van der Waals surface area contributed by atoms with E-state index in [-0.39, 0.29) is 29.8 Å². The minimum atomic E-state index is -0.617. The molecule has 0 fully saturated rings. The number of carbonyl (C=O) groups excluding carboxylic acids is 3. The third-order valence-corrected chi connectivity index (χ3v) is 5.13. The summed E-state index contributed by atoms with van der Waals surface area (Å²) in [4.78, 5) is 41.3. The van der Waals surface area contributed by atoms with Crippen molar-refractivity contribution in [3.63, 3.8) is 0 Å². The lowest BCUT2D eigenvalue weighted by atomic mass is 9.95. The van der Waals surface area contributed by atoms with Gasteiger partial charge in [-0.2, -0.15) is 0 Å². The Morgan fingerprint density at radius 2 is 1.84 bits per heavy atom. The van der Waals surface area contributed by atoms with Gasteiger partial charge in [-0.05, 0) is 31.4 Å². The first kappa shape index (κ1) is 25.1. The van der Waals surface area contributed by atoms with E-state index >= 15 is 0 Å². The van der Waals surface area contributed by atoms with E-state index in [0.29, 0.717) is 12.1 Å². The predicted molar refractivity (Wildman–Crippen MR) is 119 cm³/mol. The maximum absolute atomic E-state index is 12.9. The second kappa shape index (κ2) is 12.0. The number of oxazole rings is 1. The minimum Gasteiger partial charge on any atom is -0.446 e. The number of rotatable bonds is 11. The van der Waals surface area contributed by atoms with Gasteiger partial charge < -0.3 is 15.1 Å². The molecule has 2 rings (SSSR count). The lowest BCUT2D eigenvalue weighted by Crippen LogP contribution is -2.38. The van der Waals surface area contributed by atoms with Gasteiger partial charge in [-0.25, -0.2) is 10.5 Å². The number of carbonyl (C=O) groups is 3. The van der Waals surface area contributed by atoms with Gasteiger partial charge in [0.1, 0.15) is 12.3 Å². The highest BCUT2D eigenvalue weighted by Crippen LogP contribution is 2.24. The first-order chi connectivity index (χ1) is 15.2. The van der Waals surface area contributed by atoms with E-state index in [4.69, 9.17) is 9.62 Å². The van der Waals surface area contributed by atoms with E-state index in [1.54, 1.807) is 17.6 Å². The molecule has 174 valence electrons. The van der Waals surface area contributed by atoms with Gasteiger partial charge in [0.2, 0.25) is 17.7 Å². The van der Waals surface area contributed by atoms with Crippen LogP contribution in [0, 0.1) is 18.8 Å². The van der Waals surface area contributed by atoms with Crippen LogP contribution >= 0.6 is 0 Å². The van der Waals surface area contributed by atoms with Gasteiger partial charge in [0, 0.05) is 18.0 Å². The number of aryl methyl sites for hydroxylation is 1. The zero-order valence-electron chi connectivity index (χ0n) is 19.0. The number of unbranched alkanes of at least 4 members (excludes halogenated alkanes) is 1. The molecule has 4 N–H and O–H groups in total. The lowest BCUT2D eigenvalue weighted by Gasteiger charge is -2.23. The Labute approximate surface area is 187 Å². The van der Waals surface area contributed by atoms with Gasteiger partial charge in [-0.15, -0.1) is 0 Å². The van der Waals surface area contributed by atoms with E-state index in [1.807, 2.05) is 39.8 Å². The zero-order valence-corrected chi connectivity index (χ0v) is 19.0. The molecule has 0 aliphatic carbocycles. The van der Waals surface area contributed by atoms with Crippen LogP contribution in [-0.2, 0) is 9.59 Å². The Kier molecular flexibility index (Phi) is 9.39. The van der Waals surface area contributed by atoms with Crippen LogP contribution in [0.3, 0.4) is 0 Å². The maximum Gasteiger partial charge on any atom is 0.277 e. The molecule has 0 unspecified atom stereocenters. The predicted octanol–water partition coefficient (Wildman–Crippen LogP) is 3.75. The number of benzene rings is 1. The maximum atomic E-state index is 12.9. The molecule has 9 heteroatoms. The summed E-state index contributed by atoms with van der Waals surface area (Å²) < 4.78 is 5.52. The number of hydrogen-bond donors (Lipinski definition) is 4. The summed E-state index contributed by atoms with van der Waals surface area (Å²) in [7, 11) is 0. The fraction of sp³-hybridized carbons (Fsp3) is 0.478. The molecule has 0 spiro atoms. The standard InChI is InChI=1S/C23H32N4O5/c1-5-6-7-16(12-19(28)27-31)21(29)26-20(14(2)3)23-25-18(13-32-23)22(30)24-17-10-8-15(4)9-11-17/h8-11,13-14,16,20,31H,5-7,12H2,1-4H3,(H,24,30)(H,26,29)(H,27,28)/t16-,20+/m1/s1. The summed E-state index contributed by atoms with van der Waals surface area (Å²) >= 11 is 0. The fourth-order valence-electron chi connectivity index (χ4n) is 3.20. The molecule has 9 nitrogen and oxygen atoms in total. The minimum absolute atomic E-state index is 0.0795. The molecule has 3 amide bonds. The molecular weight excluding hydrogens is 412 g/mol. The Hall–Kier alpha value is -3.20. The largest absolute Gasteiger partial charge is 0.446 e. The normalized spacial score (nSPS) is 12.8. The second-order valence-electron chi connectivity index (χ2n) is 8.20. The van der Waals surface area contributed by atoms with Gasteiger partial charge in [0.25, 0.3) is 5.91 Å². The Balaban J connectivity index is 2.11. The van der Waals surface area contributed by atoms with Gasteiger partial charge in [-0.1, -0.05) is 51.3 Å².